The van der Waals surface area contributed by atoms with Gasteiger partial charge in [0.2, 0.25) is 5.89 Å². The van der Waals surface area contributed by atoms with E-state index in [1.807, 2.05) is 53.8 Å². The van der Waals surface area contributed by atoms with Crippen molar-refractivity contribution in [1.82, 2.24) is 4.98 Å². The first-order chi connectivity index (χ1) is 26.7. The van der Waals surface area contributed by atoms with Crippen molar-refractivity contribution in [3.8, 4) is 33.7 Å². The average molecular weight is 711 g/mol. The zero-order chi connectivity index (χ0) is 35.6. The van der Waals surface area contributed by atoms with Crippen molar-refractivity contribution in [2.75, 3.05) is 4.90 Å². The second kappa shape index (κ2) is 12.3. The highest BCUT2D eigenvalue weighted by Crippen LogP contribution is 2.46. The van der Waals surface area contributed by atoms with Crippen molar-refractivity contribution in [3.63, 3.8) is 0 Å². The van der Waals surface area contributed by atoms with Gasteiger partial charge in [0.25, 0.3) is 0 Å². The van der Waals surface area contributed by atoms with Crippen LogP contribution in [0.25, 0.3) is 86.9 Å². The van der Waals surface area contributed by atoms with Gasteiger partial charge in [-0.15, -0.1) is 11.3 Å². The van der Waals surface area contributed by atoms with Crippen LogP contribution in [0, 0.1) is 0 Å². The molecule has 0 saturated carbocycles. The maximum Gasteiger partial charge on any atom is 0.227 e. The van der Waals surface area contributed by atoms with E-state index in [0.29, 0.717) is 11.5 Å². The van der Waals surface area contributed by atoms with Gasteiger partial charge in [-0.25, -0.2) is 4.98 Å². The lowest BCUT2D eigenvalue weighted by Crippen LogP contribution is -2.10. The maximum absolute atomic E-state index is 6.58. The molecule has 5 heteroatoms. The molecule has 54 heavy (non-hydrogen) atoms. The third-order valence-electron chi connectivity index (χ3n) is 10.3. The second-order valence-corrected chi connectivity index (χ2v) is 14.6. The molecule has 0 unspecified atom stereocenters. The molecule has 0 spiro atoms. The Balaban J connectivity index is 1.12. The van der Waals surface area contributed by atoms with E-state index in [-0.39, 0.29) is 0 Å². The minimum Gasteiger partial charge on any atom is -0.456 e. The number of oxazole rings is 1. The highest BCUT2D eigenvalue weighted by Gasteiger charge is 2.22. The Hall–Kier alpha value is -6.95. The van der Waals surface area contributed by atoms with Crippen LogP contribution in [-0.2, 0) is 0 Å². The SMILES string of the molecule is c1ccc(-c2ccc(N(c3cccc(-c4cccc5sc6ccccc6c45)c3)c3cccc4oc5cc6oc(-c7ccccc7)nc6cc5c34)cc2)cc1. The summed E-state index contributed by atoms with van der Waals surface area (Å²) >= 11 is 1.85. The van der Waals surface area contributed by atoms with E-state index in [1.165, 1.54) is 36.9 Å². The Morgan fingerprint density at radius 3 is 1.98 bits per heavy atom. The van der Waals surface area contributed by atoms with Gasteiger partial charge in [-0.05, 0) is 89.0 Å². The summed E-state index contributed by atoms with van der Waals surface area (Å²) in [6.45, 7) is 0. The van der Waals surface area contributed by atoms with Gasteiger partial charge in [0.05, 0.1) is 11.1 Å². The van der Waals surface area contributed by atoms with Gasteiger partial charge in [0.1, 0.15) is 16.7 Å². The minimum atomic E-state index is 0.591. The van der Waals surface area contributed by atoms with Crippen LogP contribution in [-0.4, -0.2) is 4.98 Å². The van der Waals surface area contributed by atoms with Crippen LogP contribution >= 0.6 is 11.3 Å². The molecule has 3 heterocycles. The van der Waals surface area contributed by atoms with Crippen molar-refractivity contribution in [2.24, 2.45) is 0 Å². The molecule has 0 saturated heterocycles. The van der Waals surface area contributed by atoms with Crippen molar-refractivity contribution in [2.45, 2.75) is 0 Å². The molecular formula is C49H30N2O2S. The molecule has 0 N–H and O–H groups in total. The molecule has 11 aromatic rings. The first kappa shape index (κ1) is 30.7. The normalized spacial score (nSPS) is 11.7. The van der Waals surface area contributed by atoms with E-state index in [1.54, 1.807) is 0 Å². The summed E-state index contributed by atoms with van der Waals surface area (Å²) in [5.74, 6) is 0.591. The Morgan fingerprint density at radius 2 is 1.13 bits per heavy atom. The van der Waals surface area contributed by atoms with E-state index in [2.05, 4.69) is 144 Å². The smallest absolute Gasteiger partial charge is 0.227 e. The Labute approximate surface area is 314 Å². The third-order valence-corrected chi connectivity index (χ3v) is 11.4. The van der Waals surface area contributed by atoms with Gasteiger partial charge in [-0.1, -0.05) is 109 Å². The molecule has 0 aliphatic carbocycles. The van der Waals surface area contributed by atoms with Gasteiger partial charge in [0.15, 0.2) is 5.58 Å². The Bertz CT molecular complexity index is 3160. The van der Waals surface area contributed by atoms with Crippen molar-refractivity contribution in [3.05, 3.63) is 182 Å². The van der Waals surface area contributed by atoms with E-state index >= 15 is 0 Å². The quantitative estimate of drug-likeness (QED) is 0.172. The summed E-state index contributed by atoms with van der Waals surface area (Å²) in [5, 5.41) is 4.58. The molecular weight excluding hydrogens is 681 g/mol. The van der Waals surface area contributed by atoms with Crippen molar-refractivity contribution in [1.29, 1.82) is 0 Å². The zero-order valence-corrected chi connectivity index (χ0v) is 29.8. The number of furan rings is 1. The van der Waals surface area contributed by atoms with E-state index in [9.17, 15) is 0 Å². The first-order valence-electron chi connectivity index (χ1n) is 18.0. The summed E-state index contributed by atoms with van der Waals surface area (Å²) in [4.78, 5) is 7.27. The van der Waals surface area contributed by atoms with Crippen LogP contribution in [0.2, 0.25) is 0 Å². The van der Waals surface area contributed by atoms with E-state index < -0.39 is 0 Å². The molecule has 4 nitrogen and oxygen atoms in total. The first-order valence-corrected chi connectivity index (χ1v) is 18.8. The molecule has 0 aliphatic heterocycles. The summed E-state index contributed by atoms with van der Waals surface area (Å²) in [6.07, 6.45) is 0. The third kappa shape index (κ3) is 5.01. The monoisotopic (exact) mass is 710 g/mol. The highest BCUT2D eigenvalue weighted by molar-refractivity contribution is 7.25. The second-order valence-electron chi connectivity index (χ2n) is 13.5. The van der Waals surface area contributed by atoms with Crippen molar-refractivity contribution < 1.29 is 8.83 Å². The number of rotatable bonds is 6. The fourth-order valence-electron chi connectivity index (χ4n) is 7.81. The molecule has 8 aromatic carbocycles. The maximum atomic E-state index is 6.58. The van der Waals surface area contributed by atoms with Gasteiger partial charge in [-0.2, -0.15) is 0 Å². The van der Waals surface area contributed by atoms with Gasteiger partial charge >= 0.3 is 0 Å². The fraction of sp³-hybridized carbons (Fsp3) is 0. The number of fused-ring (bicyclic) bond motifs is 7. The Kier molecular flexibility index (Phi) is 7.00. The number of hydrogen-bond acceptors (Lipinski definition) is 5. The van der Waals surface area contributed by atoms with Crippen LogP contribution in [0.1, 0.15) is 0 Å². The van der Waals surface area contributed by atoms with E-state index in [0.717, 1.165) is 55.6 Å². The summed E-state index contributed by atoms with van der Waals surface area (Å²) in [6, 6.07) is 64.0. The molecule has 0 radical (unpaired) electrons. The number of aromatic nitrogens is 1. The number of benzene rings is 8. The lowest BCUT2D eigenvalue weighted by molar-refractivity contribution is 0.617. The molecule has 0 fully saturated rings. The molecule has 0 aliphatic rings. The van der Waals surface area contributed by atoms with Crippen molar-refractivity contribution >= 4 is 81.6 Å². The number of anilines is 3. The van der Waals surface area contributed by atoms with Crippen LogP contribution in [0.15, 0.2) is 191 Å². The molecule has 254 valence electrons. The largest absolute Gasteiger partial charge is 0.456 e. The number of hydrogen-bond donors (Lipinski definition) is 0. The molecule has 11 rings (SSSR count). The van der Waals surface area contributed by atoms with Crippen LogP contribution in [0.4, 0.5) is 17.1 Å². The Morgan fingerprint density at radius 1 is 0.426 bits per heavy atom. The number of thiophene rings is 1. The fourth-order valence-corrected chi connectivity index (χ4v) is 8.94. The topological polar surface area (TPSA) is 42.4 Å². The summed E-state index contributed by atoms with van der Waals surface area (Å²) in [5.41, 5.74) is 11.8. The number of nitrogens with zero attached hydrogens (tertiary/aromatic N) is 2. The average Bonchev–Trinajstić information content (AvgIpc) is 3.94. The van der Waals surface area contributed by atoms with Gasteiger partial charge < -0.3 is 13.7 Å². The highest BCUT2D eigenvalue weighted by atomic mass is 32.1. The molecule has 0 bridgehead atoms. The van der Waals surface area contributed by atoms with Crippen LogP contribution in [0.5, 0.6) is 0 Å². The standard InChI is InChI=1S/C49H30N2O2S/c1-3-12-31(13-4-1)32-24-26-35(27-25-32)51(36-17-9-16-34(28-36)37-19-10-23-46-47(37)38-18-7-8-22-45(38)54-46)41-20-11-21-42-48(41)39-29-40-44(30-43(39)52-42)53-49(50-40)33-14-5-2-6-15-33/h1-30H. The zero-order valence-electron chi connectivity index (χ0n) is 28.9. The van der Waals surface area contributed by atoms with E-state index in [4.69, 9.17) is 13.8 Å². The summed E-state index contributed by atoms with van der Waals surface area (Å²) in [7, 11) is 0. The molecule has 0 amide bonds. The minimum absolute atomic E-state index is 0.591. The molecule has 3 aromatic heterocycles. The van der Waals surface area contributed by atoms with Gasteiger partial charge in [0, 0.05) is 48.6 Å². The molecule has 0 atom stereocenters. The van der Waals surface area contributed by atoms with Crippen LogP contribution in [0.3, 0.4) is 0 Å². The van der Waals surface area contributed by atoms with Gasteiger partial charge in [-0.3, -0.25) is 0 Å². The lowest BCUT2D eigenvalue weighted by Gasteiger charge is -2.27. The summed E-state index contributed by atoms with van der Waals surface area (Å²) < 4.78 is 15.4. The lowest BCUT2D eigenvalue weighted by atomic mass is 9.98. The van der Waals surface area contributed by atoms with Crippen LogP contribution < -0.4 is 4.90 Å². The predicted molar refractivity (Wildman–Crippen MR) is 225 cm³/mol. The predicted octanol–water partition coefficient (Wildman–Crippen LogP) is 14.6.